The molecule has 0 heterocycles. The first-order chi connectivity index (χ1) is 14.9. The summed E-state index contributed by atoms with van der Waals surface area (Å²) in [5.74, 6) is 0.727. The molecule has 1 atom stereocenters. The molecule has 160 valence electrons. The molecule has 0 radical (unpaired) electrons. The van der Waals surface area contributed by atoms with Crippen LogP contribution in [0.15, 0.2) is 106 Å². The van der Waals surface area contributed by atoms with Gasteiger partial charge in [0.05, 0.1) is 16.8 Å². The number of aryl methyl sites for hydroxylation is 1. The predicted octanol–water partition coefficient (Wildman–Crippen LogP) is 6.03. The van der Waals surface area contributed by atoms with E-state index in [4.69, 9.17) is 4.74 Å². The molecule has 0 saturated heterocycles. The van der Waals surface area contributed by atoms with E-state index in [0.29, 0.717) is 6.42 Å². The molecule has 0 aliphatic carbocycles. The van der Waals surface area contributed by atoms with E-state index in [2.05, 4.69) is 11.0 Å². The highest BCUT2D eigenvalue weighted by Gasteiger charge is 2.32. The molecule has 4 nitrogen and oxygen atoms in total. The third-order valence-electron chi connectivity index (χ3n) is 4.79. The minimum absolute atomic E-state index is 0.168. The van der Waals surface area contributed by atoms with Crippen molar-refractivity contribution < 1.29 is 13.2 Å². The third kappa shape index (κ3) is 5.66. The molecule has 6 heteroatoms. The van der Waals surface area contributed by atoms with Crippen molar-refractivity contribution in [1.82, 2.24) is 0 Å². The third-order valence-corrected chi connectivity index (χ3v) is 7.42. The molecule has 0 fully saturated rings. The van der Waals surface area contributed by atoms with Gasteiger partial charge >= 0.3 is 0 Å². The molecule has 0 amide bonds. The number of methoxy groups -OCH3 is 1. The number of thioether (sulfide) groups is 1. The van der Waals surface area contributed by atoms with Crippen molar-refractivity contribution in [1.29, 1.82) is 0 Å². The standard InChI is InChI=1S/C25H25NO3S2/c1-4-18-25(30-23-8-6-5-7-9-23,21-12-14-22(29-3)15-13-21)19-26-31(27,28)24-16-10-20(2)11-17-24/h4-17,19H,1,18H2,2-3H3/b26-19+. The first-order valence-electron chi connectivity index (χ1n) is 9.76. The van der Waals surface area contributed by atoms with Gasteiger partial charge in [0, 0.05) is 11.1 Å². The van der Waals surface area contributed by atoms with E-state index < -0.39 is 14.8 Å². The summed E-state index contributed by atoms with van der Waals surface area (Å²) in [5, 5.41) is 0. The van der Waals surface area contributed by atoms with Gasteiger partial charge in [-0.1, -0.05) is 54.1 Å². The molecule has 0 spiro atoms. The lowest BCUT2D eigenvalue weighted by Gasteiger charge is -2.29. The number of hydrogen-bond acceptors (Lipinski definition) is 4. The number of sulfonamides is 1. The van der Waals surface area contributed by atoms with Crippen molar-refractivity contribution >= 4 is 28.0 Å². The van der Waals surface area contributed by atoms with Gasteiger partial charge in [0.2, 0.25) is 0 Å². The molecule has 3 rings (SSSR count). The molecule has 0 aliphatic heterocycles. The van der Waals surface area contributed by atoms with Crippen LogP contribution in [-0.4, -0.2) is 21.7 Å². The van der Waals surface area contributed by atoms with E-state index >= 15 is 0 Å². The van der Waals surface area contributed by atoms with Crippen LogP contribution in [0.25, 0.3) is 0 Å². The summed E-state index contributed by atoms with van der Waals surface area (Å²) in [6, 6.07) is 24.1. The molecule has 0 aromatic heterocycles. The van der Waals surface area contributed by atoms with Crippen molar-refractivity contribution in [2.24, 2.45) is 4.40 Å². The monoisotopic (exact) mass is 451 g/mol. The zero-order chi connectivity index (χ0) is 22.3. The van der Waals surface area contributed by atoms with E-state index in [0.717, 1.165) is 21.8 Å². The van der Waals surface area contributed by atoms with Gasteiger partial charge in [-0.2, -0.15) is 12.8 Å². The normalized spacial score (nSPS) is 13.6. The van der Waals surface area contributed by atoms with E-state index in [9.17, 15) is 8.42 Å². The Kier molecular flexibility index (Phi) is 7.36. The van der Waals surface area contributed by atoms with Crippen LogP contribution in [0.5, 0.6) is 5.75 Å². The highest BCUT2D eigenvalue weighted by molar-refractivity contribution is 8.01. The van der Waals surface area contributed by atoms with Crippen LogP contribution in [0, 0.1) is 6.92 Å². The largest absolute Gasteiger partial charge is 0.497 e. The van der Waals surface area contributed by atoms with Gasteiger partial charge in [-0.15, -0.1) is 18.3 Å². The van der Waals surface area contributed by atoms with Gasteiger partial charge < -0.3 is 4.74 Å². The SMILES string of the molecule is C=CCC(/C=N/S(=O)(=O)c1ccc(C)cc1)(Sc1ccccc1)c1ccc(OC)cc1. The first kappa shape index (κ1) is 22.8. The number of rotatable bonds is 9. The summed E-state index contributed by atoms with van der Waals surface area (Å²) < 4.78 is 34.5. The molecule has 1 unspecified atom stereocenters. The lowest BCUT2D eigenvalue weighted by atomic mass is 9.95. The van der Waals surface area contributed by atoms with Crippen molar-refractivity contribution in [3.63, 3.8) is 0 Å². The number of benzene rings is 3. The fourth-order valence-electron chi connectivity index (χ4n) is 3.08. The Hall–Kier alpha value is -2.83. The predicted molar refractivity (Wildman–Crippen MR) is 129 cm³/mol. The summed E-state index contributed by atoms with van der Waals surface area (Å²) in [7, 11) is -2.23. The van der Waals surface area contributed by atoms with E-state index in [1.165, 1.54) is 18.0 Å². The zero-order valence-corrected chi connectivity index (χ0v) is 19.2. The Morgan fingerprint density at radius 1 is 1.00 bits per heavy atom. The Bertz CT molecular complexity index is 1140. The average molecular weight is 452 g/mol. The average Bonchev–Trinajstić information content (AvgIpc) is 2.79. The highest BCUT2D eigenvalue weighted by Crippen LogP contribution is 2.44. The fraction of sp³-hybridized carbons (Fsp3) is 0.160. The second-order valence-corrected chi connectivity index (χ2v) is 10.1. The first-order valence-corrected chi connectivity index (χ1v) is 12.0. The van der Waals surface area contributed by atoms with E-state index in [1.807, 2.05) is 61.5 Å². The number of allylic oxidation sites excluding steroid dienone is 1. The van der Waals surface area contributed by atoms with Gasteiger partial charge in [-0.05, 0) is 55.3 Å². The van der Waals surface area contributed by atoms with E-state index in [1.54, 1.807) is 37.5 Å². The summed E-state index contributed by atoms with van der Waals surface area (Å²) in [6.45, 7) is 5.82. The minimum atomic E-state index is -3.84. The van der Waals surface area contributed by atoms with Crippen LogP contribution in [-0.2, 0) is 14.8 Å². The van der Waals surface area contributed by atoms with Gasteiger partial charge in [-0.25, -0.2) is 0 Å². The van der Waals surface area contributed by atoms with Crippen LogP contribution in [0.4, 0.5) is 0 Å². The van der Waals surface area contributed by atoms with Crippen molar-refractivity contribution in [3.8, 4) is 5.75 Å². The Morgan fingerprint density at radius 3 is 2.23 bits per heavy atom. The smallest absolute Gasteiger partial charge is 0.282 e. The molecular formula is C25H25NO3S2. The number of hydrogen-bond donors (Lipinski definition) is 0. The zero-order valence-electron chi connectivity index (χ0n) is 17.6. The fourth-order valence-corrected chi connectivity index (χ4v) is 5.35. The van der Waals surface area contributed by atoms with E-state index in [-0.39, 0.29) is 4.90 Å². The maximum absolute atomic E-state index is 12.9. The summed E-state index contributed by atoms with van der Waals surface area (Å²) in [5.41, 5.74) is 1.90. The van der Waals surface area contributed by atoms with Crippen LogP contribution in [0.2, 0.25) is 0 Å². The van der Waals surface area contributed by atoms with Crippen molar-refractivity contribution in [2.45, 2.75) is 27.9 Å². The van der Waals surface area contributed by atoms with Crippen molar-refractivity contribution in [3.05, 3.63) is 103 Å². The van der Waals surface area contributed by atoms with Gasteiger partial charge in [-0.3, -0.25) is 0 Å². The van der Waals surface area contributed by atoms with Gasteiger partial charge in [0.15, 0.2) is 0 Å². The Morgan fingerprint density at radius 2 is 1.65 bits per heavy atom. The lowest BCUT2D eigenvalue weighted by molar-refractivity contribution is 0.414. The molecule has 3 aromatic rings. The number of nitrogens with zero attached hydrogens (tertiary/aromatic N) is 1. The molecule has 3 aromatic carbocycles. The Labute approximate surface area is 188 Å². The molecule has 0 aliphatic rings. The summed E-state index contributed by atoms with van der Waals surface area (Å²) >= 11 is 1.54. The highest BCUT2D eigenvalue weighted by atomic mass is 32.2. The quantitative estimate of drug-likeness (QED) is 0.226. The molecule has 31 heavy (non-hydrogen) atoms. The maximum atomic E-state index is 12.9. The molecule has 0 saturated carbocycles. The summed E-state index contributed by atoms with van der Waals surface area (Å²) in [4.78, 5) is 1.17. The van der Waals surface area contributed by atoms with Gasteiger partial charge in [0.25, 0.3) is 10.0 Å². The van der Waals surface area contributed by atoms with Crippen molar-refractivity contribution in [2.75, 3.05) is 7.11 Å². The lowest BCUT2D eigenvalue weighted by Crippen LogP contribution is -2.24. The molecule has 0 bridgehead atoms. The van der Waals surface area contributed by atoms with Crippen LogP contribution in [0.3, 0.4) is 0 Å². The minimum Gasteiger partial charge on any atom is -0.497 e. The van der Waals surface area contributed by atoms with Gasteiger partial charge in [0.1, 0.15) is 5.75 Å². The van der Waals surface area contributed by atoms with Crippen LogP contribution >= 0.6 is 11.8 Å². The second kappa shape index (κ2) is 9.98. The van der Waals surface area contributed by atoms with Crippen LogP contribution < -0.4 is 4.74 Å². The second-order valence-electron chi connectivity index (χ2n) is 7.05. The topological polar surface area (TPSA) is 55.7 Å². The van der Waals surface area contributed by atoms with Crippen LogP contribution in [0.1, 0.15) is 17.5 Å². The Balaban J connectivity index is 2.09. The molecular weight excluding hydrogens is 426 g/mol. The number of ether oxygens (including phenoxy) is 1. The summed E-state index contributed by atoms with van der Waals surface area (Å²) in [6.07, 6.45) is 3.81. The maximum Gasteiger partial charge on any atom is 0.282 e. The molecule has 0 N–H and O–H groups in total.